The van der Waals surface area contributed by atoms with Gasteiger partial charge in [-0.05, 0) is 50.1 Å². The van der Waals surface area contributed by atoms with Crippen molar-refractivity contribution < 1.29 is 4.79 Å². The third kappa shape index (κ3) is 3.17. The SMILES string of the molecule is CC1CCCCC1NC(=O)CN1CCC2(CCNC2)C1. The molecule has 1 aliphatic carbocycles. The maximum absolute atomic E-state index is 12.2. The Morgan fingerprint density at radius 2 is 2.20 bits per heavy atom. The van der Waals surface area contributed by atoms with Crippen LogP contribution in [0.3, 0.4) is 0 Å². The largest absolute Gasteiger partial charge is 0.352 e. The number of carbonyl (C=O) groups excluding carboxylic acids is 1. The molecule has 0 radical (unpaired) electrons. The lowest BCUT2D eigenvalue weighted by Crippen LogP contribution is -2.45. The van der Waals surface area contributed by atoms with Crippen LogP contribution in [0.1, 0.15) is 45.4 Å². The Labute approximate surface area is 122 Å². The predicted molar refractivity (Wildman–Crippen MR) is 80.5 cm³/mol. The monoisotopic (exact) mass is 279 g/mol. The van der Waals surface area contributed by atoms with E-state index in [0.717, 1.165) is 26.2 Å². The van der Waals surface area contributed by atoms with E-state index in [1.165, 1.54) is 38.5 Å². The van der Waals surface area contributed by atoms with Crippen LogP contribution in [0, 0.1) is 11.3 Å². The Kier molecular flexibility index (Phi) is 4.32. The fraction of sp³-hybridized carbons (Fsp3) is 0.938. The molecule has 0 aromatic carbocycles. The molecule has 2 aliphatic heterocycles. The van der Waals surface area contributed by atoms with Crippen LogP contribution in [0.5, 0.6) is 0 Å². The van der Waals surface area contributed by atoms with Crippen molar-refractivity contribution in [2.45, 2.75) is 51.5 Å². The number of rotatable bonds is 3. The van der Waals surface area contributed by atoms with Crippen molar-refractivity contribution in [1.29, 1.82) is 0 Å². The van der Waals surface area contributed by atoms with Gasteiger partial charge in [0, 0.05) is 19.1 Å². The van der Waals surface area contributed by atoms with E-state index in [1.807, 2.05) is 0 Å². The zero-order chi connectivity index (χ0) is 14.0. The highest BCUT2D eigenvalue weighted by Crippen LogP contribution is 2.35. The lowest BCUT2D eigenvalue weighted by atomic mass is 9.86. The summed E-state index contributed by atoms with van der Waals surface area (Å²) in [5.74, 6) is 0.892. The summed E-state index contributed by atoms with van der Waals surface area (Å²) in [6.07, 6.45) is 7.57. The van der Waals surface area contributed by atoms with Crippen molar-refractivity contribution in [1.82, 2.24) is 15.5 Å². The number of likely N-dealkylation sites (tertiary alicyclic amines) is 1. The first kappa shape index (κ1) is 14.3. The number of nitrogens with one attached hydrogen (secondary N) is 2. The minimum atomic E-state index is 0.242. The molecule has 1 saturated carbocycles. The first-order valence-corrected chi connectivity index (χ1v) is 8.39. The number of hydrogen-bond acceptors (Lipinski definition) is 3. The second-order valence-corrected chi connectivity index (χ2v) is 7.32. The molecule has 3 fully saturated rings. The zero-order valence-corrected chi connectivity index (χ0v) is 12.8. The summed E-state index contributed by atoms with van der Waals surface area (Å²) in [6, 6.07) is 0.418. The molecule has 3 atom stereocenters. The van der Waals surface area contributed by atoms with Gasteiger partial charge in [0.15, 0.2) is 0 Å². The molecule has 2 saturated heterocycles. The summed E-state index contributed by atoms with van der Waals surface area (Å²) < 4.78 is 0. The minimum Gasteiger partial charge on any atom is -0.352 e. The third-order valence-electron chi connectivity index (χ3n) is 5.67. The van der Waals surface area contributed by atoms with Crippen LogP contribution < -0.4 is 10.6 Å². The standard InChI is InChI=1S/C16H29N3O/c1-13-4-2-3-5-14(13)18-15(20)10-19-9-7-16(12-19)6-8-17-11-16/h13-14,17H,2-12H2,1H3,(H,18,20). The average molecular weight is 279 g/mol. The zero-order valence-electron chi connectivity index (χ0n) is 12.8. The molecule has 0 aromatic rings. The van der Waals surface area contributed by atoms with Gasteiger partial charge >= 0.3 is 0 Å². The summed E-state index contributed by atoms with van der Waals surface area (Å²) in [6.45, 7) is 7.37. The lowest BCUT2D eigenvalue weighted by Gasteiger charge is -2.30. The molecule has 0 bridgehead atoms. The van der Waals surface area contributed by atoms with Crippen LogP contribution in [0.2, 0.25) is 0 Å². The van der Waals surface area contributed by atoms with E-state index in [0.29, 0.717) is 23.9 Å². The summed E-state index contributed by atoms with van der Waals surface area (Å²) >= 11 is 0. The number of nitrogens with zero attached hydrogens (tertiary/aromatic N) is 1. The van der Waals surface area contributed by atoms with Crippen molar-refractivity contribution in [3.05, 3.63) is 0 Å². The second kappa shape index (κ2) is 6.02. The molecule has 4 heteroatoms. The first-order valence-electron chi connectivity index (χ1n) is 8.39. The highest BCUT2D eigenvalue weighted by molar-refractivity contribution is 5.78. The molecule has 114 valence electrons. The molecule has 1 spiro atoms. The number of amides is 1. The number of hydrogen-bond donors (Lipinski definition) is 2. The van der Waals surface area contributed by atoms with Gasteiger partial charge in [0.1, 0.15) is 0 Å². The van der Waals surface area contributed by atoms with Crippen molar-refractivity contribution in [2.24, 2.45) is 11.3 Å². The van der Waals surface area contributed by atoms with E-state index >= 15 is 0 Å². The number of carbonyl (C=O) groups is 1. The van der Waals surface area contributed by atoms with Crippen LogP contribution in [-0.2, 0) is 4.79 Å². The third-order valence-corrected chi connectivity index (χ3v) is 5.67. The maximum Gasteiger partial charge on any atom is 0.234 e. The van der Waals surface area contributed by atoms with Crippen LogP contribution in [0.15, 0.2) is 0 Å². The molecule has 3 rings (SSSR count). The topological polar surface area (TPSA) is 44.4 Å². The summed E-state index contributed by atoms with van der Waals surface area (Å²) in [5.41, 5.74) is 0.471. The molecule has 3 unspecified atom stereocenters. The van der Waals surface area contributed by atoms with Gasteiger partial charge in [0.05, 0.1) is 6.54 Å². The molecule has 3 aliphatic rings. The second-order valence-electron chi connectivity index (χ2n) is 7.32. The Morgan fingerprint density at radius 3 is 2.95 bits per heavy atom. The highest BCUT2D eigenvalue weighted by Gasteiger charge is 2.40. The molecular formula is C16H29N3O. The van der Waals surface area contributed by atoms with Gasteiger partial charge in [0.25, 0.3) is 0 Å². The first-order chi connectivity index (χ1) is 9.67. The van der Waals surface area contributed by atoms with Crippen molar-refractivity contribution >= 4 is 5.91 Å². The van der Waals surface area contributed by atoms with Gasteiger partial charge in [-0.25, -0.2) is 0 Å². The fourth-order valence-electron chi connectivity index (χ4n) is 4.29. The highest BCUT2D eigenvalue weighted by atomic mass is 16.2. The Bertz CT molecular complexity index is 352. The predicted octanol–water partition coefficient (Wildman–Crippen LogP) is 1.37. The van der Waals surface area contributed by atoms with E-state index in [9.17, 15) is 4.79 Å². The molecule has 1 amide bonds. The molecule has 2 heterocycles. The molecule has 4 nitrogen and oxygen atoms in total. The summed E-state index contributed by atoms with van der Waals surface area (Å²) in [5, 5.41) is 6.75. The van der Waals surface area contributed by atoms with Gasteiger partial charge < -0.3 is 10.6 Å². The van der Waals surface area contributed by atoms with Gasteiger partial charge in [-0.1, -0.05) is 19.8 Å². The van der Waals surface area contributed by atoms with E-state index in [4.69, 9.17) is 0 Å². The Balaban J connectivity index is 1.45. The minimum absolute atomic E-state index is 0.242. The van der Waals surface area contributed by atoms with E-state index in [-0.39, 0.29) is 5.91 Å². The Hall–Kier alpha value is -0.610. The van der Waals surface area contributed by atoms with Crippen LogP contribution in [0.25, 0.3) is 0 Å². The van der Waals surface area contributed by atoms with Crippen molar-refractivity contribution in [3.8, 4) is 0 Å². The average Bonchev–Trinajstić information content (AvgIpc) is 3.03. The van der Waals surface area contributed by atoms with Crippen molar-refractivity contribution in [2.75, 3.05) is 32.7 Å². The van der Waals surface area contributed by atoms with Gasteiger partial charge in [-0.2, -0.15) is 0 Å². The fourth-order valence-corrected chi connectivity index (χ4v) is 4.29. The normalized spacial score (nSPS) is 38.5. The smallest absolute Gasteiger partial charge is 0.234 e. The van der Waals surface area contributed by atoms with Crippen LogP contribution >= 0.6 is 0 Å². The lowest BCUT2D eigenvalue weighted by molar-refractivity contribution is -0.123. The van der Waals surface area contributed by atoms with E-state index < -0.39 is 0 Å². The van der Waals surface area contributed by atoms with E-state index in [2.05, 4.69) is 22.5 Å². The molecule has 20 heavy (non-hydrogen) atoms. The van der Waals surface area contributed by atoms with Gasteiger partial charge in [-0.15, -0.1) is 0 Å². The van der Waals surface area contributed by atoms with E-state index in [1.54, 1.807) is 0 Å². The van der Waals surface area contributed by atoms with Crippen LogP contribution in [-0.4, -0.2) is 49.6 Å². The van der Waals surface area contributed by atoms with Gasteiger partial charge in [0.2, 0.25) is 5.91 Å². The maximum atomic E-state index is 12.2. The quantitative estimate of drug-likeness (QED) is 0.820. The molecule has 0 aromatic heterocycles. The molecular weight excluding hydrogens is 250 g/mol. The molecule has 2 N–H and O–H groups in total. The summed E-state index contributed by atoms with van der Waals surface area (Å²) in [7, 11) is 0. The Morgan fingerprint density at radius 1 is 1.35 bits per heavy atom. The van der Waals surface area contributed by atoms with Gasteiger partial charge in [-0.3, -0.25) is 9.69 Å². The van der Waals surface area contributed by atoms with Crippen LogP contribution in [0.4, 0.5) is 0 Å². The van der Waals surface area contributed by atoms with Crippen molar-refractivity contribution in [3.63, 3.8) is 0 Å². The summed E-state index contributed by atoms with van der Waals surface area (Å²) in [4.78, 5) is 14.6.